The SMILES string of the molecule is Cc1ccc(C(C)N2C(=O)CNC(=O)C2C)s1. The predicted molar refractivity (Wildman–Crippen MR) is 66.8 cm³/mol. The van der Waals surface area contributed by atoms with Crippen molar-refractivity contribution in [2.45, 2.75) is 32.9 Å². The van der Waals surface area contributed by atoms with Crippen molar-refractivity contribution in [1.29, 1.82) is 0 Å². The molecule has 0 bridgehead atoms. The third-order valence-corrected chi connectivity index (χ3v) is 4.26. The second-order valence-corrected chi connectivity index (χ2v) is 5.64. The standard InChI is InChI=1S/C12H16N2O2S/c1-7-4-5-10(17-7)8(2)14-9(3)12(16)13-6-11(14)15/h4-5,8-9H,6H2,1-3H3,(H,13,16). The Morgan fingerprint density at radius 1 is 1.47 bits per heavy atom. The van der Waals surface area contributed by atoms with E-state index in [2.05, 4.69) is 5.32 Å². The van der Waals surface area contributed by atoms with E-state index < -0.39 is 6.04 Å². The number of amides is 2. The first-order valence-electron chi connectivity index (χ1n) is 5.66. The maximum atomic E-state index is 11.9. The molecule has 92 valence electrons. The van der Waals surface area contributed by atoms with Gasteiger partial charge < -0.3 is 10.2 Å². The molecule has 4 nitrogen and oxygen atoms in total. The fourth-order valence-electron chi connectivity index (χ4n) is 2.11. The molecule has 1 saturated heterocycles. The lowest BCUT2D eigenvalue weighted by atomic mass is 10.1. The van der Waals surface area contributed by atoms with Crippen LogP contribution in [-0.4, -0.2) is 29.3 Å². The van der Waals surface area contributed by atoms with Crippen molar-refractivity contribution in [1.82, 2.24) is 10.2 Å². The Bertz CT molecular complexity index is 455. The molecule has 0 aromatic carbocycles. The van der Waals surface area contributed by atoms with Gasteiger partial charge >= 0.3 is 0 Å². The molecular weight excluding hydrogens is 236 g/mol. The van der Waals surface area contributed by atoms with Crippen molar-refractivity contribution in [2.24, 2.45) is 0 Å². The van der Waals surface area contributed by atoms with Crippen LogP contribution >= 0.6 is 11.3 Å². The molecule has 17 heavy (non-hydrogen) atoms. The number of carbonyl (C=O) groups excluding carboxylic acids is 2. The van der Waals surface area contributed by atoms with Crippen molar-refractivity contribution < 1.29 is 9.59 Å². The molecule has 2 unspecified atom stereocenters. The van der Waals surface area contributed by atoms with E-state index in [4.69, 9.17) is 0 Å². The van der Waals surface area contributed by atoms with Crippen LogP contribution in [0.15, 0.2) is 12.1 Å². The summed E-state index contributed by atoms with van der Waals surface area (Å²) in [5, 5.41) is 2.60. The molecule has 5 heteroatoms. The third-order valence-electron chi connectivity index (χ3n) is 3.09. The predicted octanol–water partition coefficient (Wildman–Crippen LogP) is 1.46. The molecular formula is C12H16N2O2S. The van der Waals surface area contributed by atoms with Gasteiger partial charge in [-0.15, -0.1) is 11.3 Å². The van der Waals surface area contributed by atoms with Gasteiger partial charge in [-0.05, 0) is 32.9 Å². The highest BCUT2D eigenvalue weighted by Gasteiger charge is 2.35. The first-order chi connectivity index (χ1) is 8.00. The van der Waals surface area contributed by atoms with Gasteiger partial charge in [-0.2, -0.15) is 0 Å². The highest BCUT2D eigenvalue weighted by atomic mass is 32.1. The lowest BCUT2D eigenvalue weighted by Crippen LogP contribution is -2.57. The van der Waals surface area contributed by atoms with Crippen molar-refractivity contribution in [2.75, 3.05) is 6.54 Å². The number of aryl methyl sites for hydroxylation is 1. The molecule has 2 rings (SSSR count). The quantitative estimate of drug-likeness (QED) is 0.866. The van der Waals surface area contributed by atoms with E-state index in [-0.39, 0.29) is 24.4 Å². The fraction of sp³-hybridized carbons (Fsp3) is 0.500. The summed E-state index contributed by atoms with van der Waals surface area (Å²) in [7, 11) is 0. The van der Waals surface area contributed by atoms with Crippen LogP contribution in [0, 0.1) is 6.92 Å². The molecule has 1 aromatic heterocycles. The lowest BCUT2D eigenvalue weighted by molar-refractivity contribution is -0.147. The minimum absolute atomic E-state index is 0.0179. The van der Waals surface area contributed by atoms with Crippen LogP contribution in [0.3, 0.4) is 0 Å². The molecule has 2 heterocycles. The molecule has 2 atom stereocenters. The van der Waals surface area contributed by atoms with E-state index in [9.17, 15) is 9.59 Å². The smallest absolute Gasteiger partial charge is 0.243 e. The first-order valence-corrected chi connectivity index (χ1v) is 6.47. The molecule has 0 radical (unpaired) electrons. The van der Waals surface area contributed by atoms with Gasteiger partial charge in [0.2, 0.25) is 11.8 Å². The fourth-order valence-corrected chi connectivity index (χ4v) is 3.04. The minimum atomic E-state index is -0.395. The Morgan fingerprint density at radius 2 is 2.18 bits per heavy atom. The number of hydrogen-bond donors (Lipinski definition) is 1. The second kappa shape index (κ2) is 4.49. The Morgan fingerprint density at radius 3 is 2.76 bits per heavy atom. The highest BCUT2D eigenvalue weighted by molar-refractivity contribution is 7.12. The van der Waals surface area contributed by atoms with Crippen molar-refractivity contribution in [3.05, 3.63) is 21.9 Å². The number of hydrogen-bond acceptors (Lipinski definition) is 3. The number of rotatable bonds is 2. The van der Waals surface area contributed by atoms with Gasteiger partial charge in [0.25, 0.3) is 0 Å². The zero-order valence-electron chi connectivity index (χ0n) is 10.2. The van der Waals surface area contributed by atoms with Crippen LogP contribution in [0.1, 0.15) is 29.6 Å². The number of nitrogens with one attached hydrogen (secondary N) is 1. The van der Waals surface area contributed by atoms with E-state index >= 15 is 0 Å². The molecule has 0 saturated carbocycles. The molecule has 1 aliphatic rings. The van der Waals surface area contributed by atoms with E-state index in [1.54, 1.807) is 23.2 Å². The van der Waals surface area contributed by atoms with E-state index in [1.165, 1.54) is 4.88 Å². The molecule has 1 N–H and O–H groups in total. The number of thiophene rings is 1. The van der Waals surface area contributed by atoms with Crippen molar-refractivity contribution >= 4 is 23.2 Å². The number of carbonyl (C=O) groups is 2. The van der Waals surface area contributed by atoms with Crippen molar-refractivity contribution in [3.63, 3.8) is 0 Å². The van der Waals surface area contributed by atoms with Crippen LogP contribution in [0.2, 0.25) is 0 Å². The summed E-state index contributed by atoms with van der Waals surface area (Å²) >= 11 is 1.67. The molecule has 1 aliphatic heterocycles. The Hall–Kier alpha value is -1.36. The van der Waals surface area contributed by atoms with Gasteiger partial charge in [0.05, 0.1) is 12.6 Å². The summed E-state index contributed by atoms with van der Waals surface area (Å²) in [4.78, 5) is 27.5. The summed E-state index contributed by atoms with van der Waals surface area (Å²) < 4.78 is 0. The summed E-state index contributed by atoms with van der Waals surface area (Å²) in [6.45, 7) is 5.88. The summed E-state index contributed by atoms with van der Waals surface area (Å²) in [5.74, 6) is -0.0969. The van der Waals surface area contributed by atoms with E-state index in [0.717, 1.165) is 4.88 Å². The maximum absolute atomic E-state index is 11.9. The summed E-state index contributed by atoms with van der Waals surface area (Å²) in [6.07, 6.45) is 0. The van der Waals surface area contributed by atoms with Crippen molar-refractivity contribution in [3.8, 4) is 0 Å². The normalized spacial score (nSPS) is 22.5. The average Bonchev–Trinajstić information content (AvgIpc) is 2.71. The highest BCUT2D eigenvalue weighted by Crippen LogP contribution is 2.29. The van der Waals surface area contributed by atoms with E-state index in [1.807, 2.05) is 26.0 Å². The van der Waals surface area contributed by atoms with Gasteiger partial charge in [-0.3, -0.25) is 9.59 Å². The summed E-state index contributed by atoms with van der Waals surface area (Å²) in [6, 6.07) is 3.63. The third kappa shape index (κ3) is 2.20. The zero-order valence-corrected chi connectivity index (χ0v) is 11.0. The topological polar surface area (TPSA) is 49.4 Å². The van der Waals surface area contributed by atoms with E-state index in [0.29, 0.717) is 0 Å². The number of nitrogens with zero attached hydrogens (tertiary/aromatic N) is 1. The van der Waals surface area contributed by atoms with Gasteiger partial charge in [0, 0.05) is 9.75 Å². The Kier molecular flexibility index (Phi) is 3.19. The first kappa shape index (κ1) is 12.1. The second-order valence-electron chi connectivity index (χ2n) is 4.32. The minimum Gasteiger partial charge on any atom is -0.345 e. The lowest BCUT2D eigenvalue weighted by Gasteiger charge is -2.36. The monoisotopic (exact) mass is 252 g/mol. The van der Waals surface area contributed by atoms with Crippen LogP contribution < -0.4 is 5.32 Å². The van der Waals surface area contributed by atoms with Crippen LogP contribution in [-0.2, 0) is 9.59 Å². The molecule has 0 spiro atoms. The van der Waals surface area contributed by atoms with Crippen LogP contribution in [0.5, 0.6) is 0 Å². The Labute approximate surface area is 105 Å². The van der Waals surface area contributed by atoms with Gasteiger partial charge in [-0.1, -0.05) is 0 Å². The number of piperazine rings is 1. The van der Waals surface area contributed by atoms with Gasteiger partial charge in [-0.25, -0.2) is 0 Å². The summed E-state index contributed by atoms with van der Waals surface area (Å²) in [5.41, 5.74) is 0. The van der Waals surface area contributed by atoms with Crippen LogP contribution in [0.25, 0.3) is 0 Å². The van der Waals surface area contributed by atoms with Gasteiger partial charge in [0.1, 0.15) is 6.04 Å². The molecule has 1 fully saturated rings. The largest absolute Gasteiger partial charge is 0.345 e. The molecule has 1 aromatic rings. The zero-order chi connectivity index (χ0) is 12.6. The maximum Gasteiger partial charge on any atom is 0.243 e. The van der Waals surface area contributed by atoms with Gasteiger partial charge in [0.15, 0.2) is 0 Å². The average molecular weight is 252 g/mol. The Balaban J connectivity index is 2.25. The van der Waals surface area contributed by atoms with Crippen LogP contribution in [0.4, 0.5) is 0 Å². The molecule has 2 amide bonds. The molecule has 0 aliphatic carbocycles.